The maximum atomic E-state index is 12.8. The van der Waals surface area contributed by atoms with Gasteiger partial charge in [0.1, 0.15) is 5.65 Å². The number of aromatic nitrogens is 4. The molecular weight excluding hydrogens is 537 g/mol. The molecule has 3 aromatic heterocycles. The summed E-state index contributed by atoms with van der Waals surface area (Å²) < 4.78 is 29.7. The standard InChI is InChI=1S/C24H25Cl2N7O3S/c1-30-13-16(12-27-30)24(34)32-9-7-31(8-10-32)15-21-23(19-5-3-17(25)11-20(19)26)28-22-6-4-18(14-33(21)22)29-37(2,35)36/h3-6,11-14,29H,7-10,15H2,1-2H3. The van der Waals surface area contributed by atoms with Crippen molar-refractivity contribution in [1.82, 2.24) is 29.0 Å². The van der Waals surface area contributed by atoms with Crippen molar-refractivity contribution in [3.63, 3.8) is 0 Å². The van der Waals surface area contributed by atoms with Gasteiger partial charge in [0, 0.05) is 62.8 Å². The third kappa shape index (κ3) is 5.59. The Bertz CT molecular complexity index is 1590. The number of amides is 1. The summed E-state index contributed by atoms with van der Waals surface area (Å²) in [6.07, 6.45) is 6.13. The Morgan fingerprint density at radius 2 is 1.84 bits per heavy atom. The fourth-order valence-corrected chi connectivity index (χ4v) is 5.50. The van der Waals surface area contributed by atoms with Crippen LogP contribution in [0.5, 0.6) is 0 Å². The maximum Gasteiger partial charge on any atom is 0.257 e. The number of nitrogens with zero attached hydrogens (tertiary/aromatic N) is 6. The van der Waals surface area contributed by atoms with Crippen LogP contribution < -0.4 is 4.72 Å². The number of sulfonamides is 1. The molecular formula is C24H25Cl2N7O3S. The number of carbonyl (C=O) groups excluding carboxylic acids is 1. The minimum Gasteiger partial charge on any atom is -0.336 e. The number of hydrogen-bond acceptors (Lipinski definition) is 6. The molecule has 0 radical (unpaired) electrons. The molecule has 0 bridgehead atoms. The lowest BCUT2D eigenvalue weighted by atomic mass is 10.1. The van der Waals surface area contributed by atoms with Crippen molar-refractivity contribution >= 4 is 50.5 Å². The Hall–Kier alpha value is -3.12. The van der Waals surface area contributed by atoms with Gasteiger partial charge in [-0.1, -0.05) is 23.2 Å². The largest absolute Gasteiger partial charge is 0.336 e. The molecule has 4 heterocycles. The van der Waals surface area contributed by atoms with Crippen LogP contribution in [0.3, 0.4) is 0 Å². The highest BCUT2D eigenvalue weighted by Gasteiger charge is 2.25. The van der Waals surface area contributed by atoms with Gasteiger partial charge in [-0.25, -0.2) is 13.4 Å². The number of aryl methyl sites for hydroxylation is 1. The van der Waals surface area contributed by atoms with Crippen LogP contribution in [0.2, 0.25) is 10.0 Å². The first-order valence-electron chi connectivity index (χ1n) is 11.5. The number of hydrogen-bond donors (Lipinski definition) is 1. The fraction of sp³-hybridized carbons (Fsp3) is 0.292. The van der Waals surface area contributed by atoms with Crippen LogP contribution >= 0.6 is 23.2 Å². The topological polar surface area (TPSA) is 105 Å². The van der Waals surface area contributed by atoms with E-state index in [0.717, 1.165) is 17.5 Å². The van der Waals surface area contributed by atoms with Gasteiger partial charge in [0.15, 0.2) is 0 Å². The van der Waals surface area contributed by atoms with Gasteiger partial charge in [-0.3, -0.25) is 23.5 Å². The van der Waals surface area contributed by atoms with Gasteiger partial charge in [0.05, 0.1) is 40.1 Å². The fourth-order valence-electron chi connectivity index (χ4n) is 4.45. The predicted octanol–water partition coefficient (Wildman–Crippen LogP) is 3.37. The zero-order valence-electron chi connectivity index (χ0n) is 20.2. The van der Waals surface area contributed by atoms with Crippen molar-refractivity contribution in [2.75, 3.05) is 37.2 Å². The van der Waals surface area contributed by atoms with E-state index >= 15 is 0 Å². The van der Waals surface area contributed by atoms with Crippen molar-refractivity contribution in [1.29, 1.82) is 0 Å². The summed E-state index contributed by atoms with van der Waals surface area (Å²) in [6.45, 7) is 2.99. The van der Waals surface area contributed by atoms with Crippen molar-refractivity contribution in [3.8, 4) is 11.3 Å². The van der Waals surface area contributed by atoms with Crippen LogP contribution in [0.1, 0.15) is 16.1 Å². The molecule has 0 atom stereocenters. The molecule has 0 saturated carbocycles. The molecule has 1 aliphatic rings. The summed E-state index contributed by atoms with van der Waals surface area (Å²) in [5, 5.41) is 5.09. The molecule has 1 N–H and O–H groups in total. The number of fused-ring (bicyclic) bond motifs is 1. The molecule has 0 spiro atoms. The molecule has 10 nitrogen and oxygen atoms in total. The van der Waals surface area contributed by atoms with Crippen LogP contribution in [0, 0.1) is 0 Å². The normalized spacial score (nSPS) is 14.9. The van der Waals surface area contributed by atoms with Crippen LogP contribution in [0.4, 0.5) is 5.69 Å². The number of imidazole rings is 1. The first kappa shape index (κ1) is 25.5. The van der Waals surface area contributed by atoms with Crippen molar-refractivity contribution in [2.45, 2.75) is 6.54 Å². The van der Waals surface area contributed by atoms with E-state index in [1.165, 1.54) is 0 Å². The quantitative estimate of drug-likeness (QED) is 0.387. The maximum absolute atomic E-state index is 12.8. The van der Waals surface area contributed by atoms with E-state index in [2.05, 4.69) is 14.7 Å². The summed E-state index contributed by atoms with van der Waals surface area (Å²) >= 11 is 12.7. The zero-order chi connectivity index (χ0) is 26.3. The molecule has 1 fully saturated rings. The number of piperazine rings is 1. The average Bonchev–Trinajstić information content (AvgIpc) is 3.42. The molecule has 1 aromatic carbocycles. The van der Waals surface area contributed by atoms with E-state index in [9.17, 15) is 13.2 Å². The number of halogens is 2. The molecule has 0 unspecified atom stereocenters. The lowest BCUT2D eigenvalue weighted by Crippen LogP contribution is -2.48. The molecule has 0 aliphatic carbocycles. The van der Waals surface area contributed by atoms with Crippen molar-refractivity contribution in [3.05, 3.63) is 70.2 Å². The highest BCUT2D eigenvalue weighted by molar-refractivity contribution is 7.92. The zero-order valence-corrected chi connectivity index (χ0v) is 22.6. The van der Waals surface area contributed by atoms with Crippen LogP contribution in [-0.4, -0.2) is 75.7 Å². The number of anilines is 1. The second-order valence-corrected chi connectivity index (χ2v) is 11.6. The summed E-state index contributed by atoms with van der Waals surface area (Å²) in [4.78, 5) is 21.7. The van der Waals surface area contributed by atoms with E-state index in [-0.39, 0.29) is 5.91 Å². The third-order valence-electron chi connectivity index (χ3n) is 6.19. The minimum atomic E-state index is -3.45. The van der Waals surface area contributed by atoms with E-state index in [0.29, 0.717) is 65.4 Å². The van der Waals surface area contributed by atoms with Gasteiger partial charge in [0.25, 0.3) is 5.91 Å². The number of carbonyl (C=O) groups is 1. The molecule has 1 aliphatic heterocycles. The van der Waals surface area contributed by atoms with E-state index < -0.39 is 10.0 Å². The summed E-state index contributed by atoms with van der Waals surface area (Å²) in [6, 6.07) is 8.69. The SMILES string of the molecule is Cn1cc(C(=O)N2CCN(Cc3c(-c4ccc(Cl)cc4Cl)nc4ccc(NS(C)(=O)=O)cn34)CC2)cn1. The summed E-state index contributed by atoms with van der Waals surface area (Å²) in [5.74, 6) is -0.0346. The third-order valence-corrected chi connectivity index (χ3v) is 7.35. The molecule has 13 heteroatoms. The lowest BCUT2D eigenvalue weighted by Gasteiger charge is -2.34. The van der Waals surface area contributed by atoms with Gasteiger partial charge < -0.3 is 4.90 Å². The first-order chi connectivity index (χ1) is 17.6. The van der Waals surface area contributed by atoms with E-state index in [1.807, 2.05) is 15.4 Å². The Morgan fingerprint density at radius 3 is 2.49 bits per heavy atom. The van der Waals surface area contributed by atoms with Gasteiger partial charge >= 0.3 is 0 Å². The second kappa shape index (κ2) is 9.97. The summed E-state index contributed by atoms with van der Waals surface area (Å²) in [5.41, 5.74) is 3.92. The number of pyridine rings is 1. The number of benzene rings is 1. The van der Waals surface area contributed by atoms with Gasteiger partial charge in [-0.2, -0.15) is 5.10 Å². The molecule has 4 aromatic rings. The lowest BCUT2D eigenvalue weighted by molar-refractivity contribution is 0.0627. The van der Waals surface area contributed by atoms with Gasteiger partial charge in [-0.05, 0) is 30.3 Å². The molecule has 37 heavy (non-hydrogen) atoms. The second-order valence-electron chi connectivity index (χ2n) is 9.02. The number of nitrogens with one attached hydrogen (secondary N) is 1. The Morgan fingerprint density at radius 1 is 1.08 bits per heavy atom. The number of rotatable bonds is 6. The summed E-state index contributed by atoms with van der Waals surface area (Å²) in [7, 11) is -1.67. The highest BCUT2D eigenvalue weighted by atomic mass is 35.5. The molecule has 5 rings (SSSR count). The van der Waals surface area contributed by atoms with Crippen molar-refractivity contribution < 1.29 is 13.2 Å². The Balaban J connectivity index is 1.45. The Labute approximate surface area is 224 Å². The predicted molar refractivity (Wildman–Crippen MR) is 144 cm³/mol. The molecule has 1 amide bonds. The average molecular weight is 562 g/mol. The smallest absolute Gasteiger partial charge is 0.257 e. The van der Waals surface area contributed by atoms with Crippen LogP contribution in [-0.2, 0) is 23.6 Å². The van der Waals surface area contributed by atoms with E-state index in [4.69, 9.17) is 28.2 Å². The van der Waals surface area contributed by atoms with Gasteiger partial charge in [0.2, 0.25) is 10.0 Å². The first-order valence-corrected chi connectivity index (χ1v) is 14.2. The van der Waals surface area contributed by atoms with Crippen molar-refractivity contribution in [2.24, 2.45) is 7.05 Å². The van der Waals surface area contributed by atoms with Gasteiger partial charge in [-0.15, -0.1) is 0 Å². The minimum absolute atomic E-state index is 0.0346. The highest BCUT2D eigenvalue weighted by Crippen LogP contribution is 2.34. The Kier molecular flexibility index (Phi) is 6.88. The molecule has 194 valence electrons. The molecule has 1 saturated heterocycles. The monoisotopic (exact) mass is 561 g/mol. The van der Waals surface area contributed by atoms with E-state index in [1.54, 1.807) is 54.6 Å². The van der Waals surface area contributed by atoms with Crippen LogP contribution in [0.25, 0.3) is 16.9 Å². The van der Waals surface area contributed by atoms with Crippen LogP contribution in [0.15, 0.2) is 48.9 Å².